The molecule has 2 aliphatic carbocycles. The van der Waals surface area contributed by atoms with E-state index in [0.29, 0.717) is 29.2 Å². The fraction of sp³-hybridized carbons (Fsp3) is 0.364. The molecule has 8 nitrogen and oxygen atoms in total. The highest BCUT2D eigenvalue weighted by molar-refractivity contribution is 5.88. The van der Waals surface area contributed by atoms with Crippen LogP contribution < -0.4 is 5.32 Å². The number of aliphatic hydroxyl groups is 2. The van der Waals surface area contributed by atoms with E-state index in [1.54, 1.807) is 17.9 Å². The Hall–Kier alpha value is -3.28. The molecule has 0 bridgehead atoms. The van der Waals surface area contributed by atoms with Crippen LogP contribution in [0.1, 0.15) is 30.8 Å². The number of hydrogen-bond acceptors (Lipinski definition) is 7. The van der Waals surface area contributed by atoms with Gasteiger partial charge in [0.2, 0.25) is 5.82 Å². The molecule has 8 heteroatoms. The summed E-state index contributed by atoms with van der Waals surface area (Å²) in [4.78, 5) is 25.6. The second-order valence-electron chi connectivity index (χ2n) is 7.92. The Labute approximate surface area is 173 Å². The monoisotopic (exact) mass is 403 g/mol. The van der Waals surface area contributed by atoms with Crippen molar-refractivity contribution >= 4 is 22.8 Å². The Morgan fingerprint density at radius 1 is 1.23 bits per heavy atom. The van der Waals surface area contributed by atoms with Gasteiger partial charge in [0.1, 0.15) is 11.9 Å². The van der Waals surface area contributed by atoms with Gasteiger partial charge < -0.3 is 20.1 Å². The number of ketones is 1. The third-order valence-electron chi connectivity index (χ3n) is 6.40. The molecule has 0 saturated heterocycles. The molecule has 2 heterocycles. The second-order valence-corrected chi connectivity index (χ2v) is 7.92. The van der Waals surface area contributed by atoms with Gasteiger partial charge in [-0.15, -0.1) is 0 Å². The first-order chi connectivity index (χ1) is 14.5. The predicted molar refractivity (Wildman–Crippen MR) is 110 cm³/mol. The van der Waals surface area contributed by atoms with E-state index in [-0.39, 0.29) is 11.7 Å². The zero-order chi connectivity index (χ0) is 21.0. The summed E-state index contributed by atoms with van der Waals surface area (Å²) in [6, 6.07) is 9.06. The highest BCUT2D eigenvalue weighted by Gasteiger charge is 2.74. The van der Waals surface area contributed by atoms with Crippen molar-refractivity contribution in [2.24, 2.45) is 11.3 Å². The number of Topliss-reactive ketones (excluding diaryl/α,β-unsaturated/α-hetero) is 1. The largest absolute Gasteiger partial charge is 0.389 e. The Balaban J connectivity index is 1.60. The van der Waals surface area contributed by atoms with Crippen LogP contribution in [-0.2, 0) is 4.79 Å². The maximum atomic E-state index is 12.2. The molecule has 2 aliphatic rings. The number of nitrogens with one attached hydrogen (secondary N) is 1. The summed E-state index contributed by atoms with van der Waals surface area (Å²) in [6.07, 6.45) is -0.0264. The minimum absolute atomic E-state index is 0.0917. The second kappa shape index (κ2) is 6.62. The van der Waals surface area contributed by atoms with E-state index >= 15 is 0 Å². The van der Waals surface area contributed by atoms with E-state index in [9.17, 15) is 15.0 Å². The number of fused-ring (bicyclic) bond motifs is 2. The van der Waals surface area contributed by atoms with Gasteiger partial charge in [-0.05, 0) is 37.3 Å². The van der Waals surface area contributed by atoms with Crippen molar-refractivity contribution in [2.75, 3.05) is 12.4 Å². The van der Waals surface area contributed by atoms with Crippen molar-refractivity contribution in [1.29, 1.82) is 0 Å². The number of carbonyl (C=O) groups is 1. The molecule has 0 spiro atoms. The molecule has 3 N–H and O–H groups in total. The van der Waals surface area contributed by atoms with E-state index in [1.165, 1.54) is 6.92 Å². The summed E-state index contributed by atoms with van der Waals surface area (Å²) in [5, 5.41) is 24.3. The summed E-state index contributed by atoms with van der Waals surface area (Å²) >= 11 is 0. The third kappa shape index (κ3) is 2.56. The first-order valence-electron chi connectivity index (χ1n) is 9.84. The number of aliphatic hydroxyl groups excluding tert-OH is 2. The predicted octanol–water partition coefficient (Wildman–Crippen LogP) is 1.14. The number of aromatic nitrogens is 4. The van der Waals surface area contributed by atoms with Gasteiger partial charge in [0.15, 0.2) is 17.0 Å². The normalized spacial score (nSPS) is 29.2. The highest BCUT2D eigenvalue weighted by atomic mass is 16.3. The molecular weight excluding hydrogens is 382 g/mol. The van der Waals surface area contributed by atoms with Gasteiger partial charge in [-0.25, -0.2) is 15.0 Å². The van der Waals surface area contributed by atoms with Crippen LogP contribution in [0.4, 0.5) is 5.82 Å². The van der Waals surface area contributed by atoms with Crippen LogP contribution in [0.15, 0.2) is 36.7 Å². The van der Waals surface area contributed by atoms with E-state index in [4.69, 9.17) is 0 Å². The van der Waals surface area contributed by atoms with Crippen molar-refractivity contribution in [3.05, 3.63) is 48.0 Å². The van der Waals surface area contributed by atoms with Crippen molar-refractivity contribution < 1.29 is 15.0 Å². The zero-order valence-electron chi connectivity index (χ0n) is 16.6. The molecule has 152 valence electrons. The Kier molecular flexibility index (Phi) is 4.13. The molecule has 5 rings (SSSR count). The third-order valence-corrected chi connectivity index (χ3v) is 6.40. The maximum Gasteiger partial charge on any atom is 0.209 e. The lowest BCUT2D eigenvalue weighted by Gasteiger charge is -2.23. The first kappa shape index (κ1) is 18.7. The van der Waals surface area contributed by atoms with Gasteiger partial charge in [0.05, 0.1) is 23.9 Å². The van der Waals surface area contributed by atoms with Crippen LogP contribution in [0.5, 0.6) is 0 Å². The van der Waals surface area contributed by atoms with Gasteiger partial charge in [-0.2, -0.15) is 0 Å². The smallest absolute Gasteiger partial charge is 0.209 e. The SMILES string of the molecule is CNc1nc(C#Cc2ccccc2)nc2c1ncn2[C@@H]1C2C[C@@]2(C(C)=O)C(O)[C@H]1O. The Morgan fingerprint density at radius 3 is 2.67 bits per heavy atom. The molecule has 3 aromatic rings. The van der Waals surface area contributed by atoms with E-state index in [1.807, 2.05) is 30.3 Å². The fourth-order valence-electron chi connectivity index (χ4n) is 4.79. The van der Waals surface area contributed by atoms with Crippen molar-refractivity contribution in [1.82, 2.24) is 19.5 Å². The van der Waals surface area contributed by atoms with E-state index < -0.39 is 23.7 Å². The summed E-state index contributed by atoms with van der Waals surface area (Å²) < 4.78 is 1.75. The lowest BCUT2D eigenvalue weighted by atomic mass is 9.95. The quantitative estimate of drug-likeness (QED) is 0.562. The Bertz CT molecular complexity index is 1210. The van der Waals surface area contributed by atoms with Crippen LogP contribution in [-0.4, -0.2) is 54.8 Å². The molecule has 2 unspecified atom stereocenters. The van der Waals surface area contributed by atoms with Crippen LogP contribution in [0.3, 0.4) is 0 Å². The van der Waals surface area contributed by atoms with Gasteiger partial charge >= 0.3 is 0 Å². The molecule has 0 amide bonds. The molecule has 2 fully saturated rings. The molecule has 0 radical (unpaired) electrons. The maximum absolute atomic E-state index is 12.2. The minimum Gasteiger partial charge on any atom is -0.389 e. The first-order valence-corrected chi connectivity index (χ1v) is 9.84. The molecular formula is C22H21N5O3. The Morgan fingerprint density at radius 2 is 2.00 bits per heavy atom. The standard InChI is InChI=1S/C22H21N5O3/c1-12(28)22-10-14(22)17(18(29)19(22)30)27-11-24-16-20(23-2)25-15(26-21(16)27)9-8-13-6-4-3-5-7-13/h3-7,11,14,17-19,29-30H,10H2,1-2H3,(H,23,25,26)/t14?,17-,18+,19?,22+/m1/s1. The lowest BCUT2D eigenvalue weighted by molar-refractivity contribution is -0.128. The molecule has 1 aromatic carbocycles. The topological polar surface area (TPSA) is 113 Å². The van der Waals surface area contributed by atoms with E-state index in [0.717, 1.165) is 5.56 Å². The lowest BCUT2D eigenvalue weighted by Crippen LogP contribution is -2.36. The summed E-state index contributed by atoms with van der Waals surface area (Å²) in [5.74, 6) is 6.63. The fourth-order valence-corrected chi connectivity index (χ4v) is 4.79. The molecule has 2 saturated carbocycles. The molecule has 30 heavy (non-hydrogen) atoms. The van der Waals surface area contributed by atoms with Crippen LogP contribution in [0.2, 0.25) is 0 Å². The number of benzene rings is 1. The average Bonchev–Trinajstić information content (AvgIpc) is 3.30. The molecule has 0 aliphatic heterocycles. The highest BCUT2D eigenvalue weighted by Crippen LogP contribution is 2.68. The number of rotatable bonds is 3. The number of imidazole rings is 1. The van der Waals surface area contributed by atoms with Gasteiger partial charge in [-0.3, -0.25) is 4.79 Å². The van der Waals surface area contributed by atoms with Gasteiger partial charge in [0, 0.05) is 12.6 Å². The van der Waals surface area contributed by atoms with Crippen LogP contribution in [0.25, 0.3) is 11.2 Å². The summed E-state index contributed by atoms with van der Waals surface area (Å²) in [7, 11) is 1.74. The van der Waals surface area contributed by atoms with E-state index in [2.05, 4.69) is 32.1 Å². The molecule has 2 aromatic heterocycles. The van der Waals surface area contributed by atoms with Crippen molar-refractivity contribution in [2.45, 2.75) is 31.6 Å². The zero-order valence-corrected chi connectivity index (χ0v) is 16.6. The van der Waals surface area contributed by atoms with Crippen LogP contribution in [0, 0.1) is 23.2 Å². The van der Waals surface area contributed by atoms with Gasteiger partial charge in [0.25, 0.3) is 0 Å². The number of hydrogen-bond donors (Lipinski definition) is 3. The number of nitrogens with zero attached hydrogens (tertiary/aromatic N) is 4. The summed E-state index contributed by atoms with van der Waals surface area (Å²) in [6.45, 7) is 1.48. The molecule has 5 atom stereocenters. The van der Waals surface area contributed by atoms with Crippen LogP contribution >= 0.6 is 0 Å². The minimum atomic E-state index is -1.09. The van der Waals surface area contributed by atoms with Gasteiger partial charge in [-0.1, -0.05) is 24.1 Å². The number of carbonyl (C=O) groups excluding carboxylic acids is 1. The summed E-state index contributed by atoms with van der Waals surface area (Å²) in [5.41, 5.74) is 1.04. The number of anilines is 1. The average molecular weight is 403 g/mol. The van der Waals surface area contributed by atoms with Crippen molar-refractivity contribution in [3.63, 3.8) is 0 Å². The van der Waals surface area contributed by atoms with Crippen molar-refractivity contribution in [3.8, 4) is 11.8 Å².